The van der Waals surface area contributed by atoms with Gasteiger partial charge >= 0.3 is 5.97 Å². The first kappa shape index (κ1) is 17.5. The largest absolute Gasteiger partial charge is 0.459 e. The summed E-state index contributed by atoms with van der Waals surface area (Å²) < 4.78 is 5.94. The molecule has 0 amide bonds. The summed E-state index contributed by atoms with van der Waals surface area (Å²) in [5.41, 5.74) is 4.77. The van der Waals surface area contributed by atoms with Crippen LogP contribution in [0.3, 0.4) is 0 Å². The number of carbonyl (C=O) groups is 1. The molecule has 0 bridgehead atoms. The second-order valence-corrected chi connectivity index (χ2v) is 8.79. The van der Waals surface area contributed by atoms with Crippen molar-refractivity contribution in [3.8, 4) is 0 Å². The fraction of sp³-hybridized carbons (Fsp3) is 0.941. The van der Waals surface area contributed by atoms with Gasteiger partial charge in [0, 0.05) is 5.54 Å². The van der Waals surface area contributed by atoms with Crippen LogP contribution in [0.5, 0.6) is 0 Å². The normalized spacial score (nSPS) is 22.4. The summed E-state index contributed by atoms with van der Waals surface area (Å²) in [7, 11) is 0. The molecule has 1 rings (SSSR count). The van der Waals surface area contributed by atoms with Gasteiger partial charge in [0.25, 0.3) is 0 Å². The number of carbonyl (C=O) groups excluding carboxylic acids is 1. The molecule has 0 saturated heterocycles. The SMILES string of the molecule is CC(C)(N)CC(C)(C(=O)OC1(C)CCCC1)C(C)(C)C. The van der Waals surface area contributed by atoms with Crippen LogP contribution in [-0.4, -0.2) is 17.1 Å². The molecule has 3 heteroatoms. The van der Waals surface area contributed by atoms with Gasteiger partial charge in [0.2, 0.25) is 0 Å². The molecule has 0 spiro atoms. The van der Waals surface area contributed by atoms with Gasteiger partial charge in [-0.05, 0) is 65.2 Å². The average Bonchev–Trinajstić information content (AvgIpc) is 2.60. The van der Waals surface area contributed by atoms with Crippen LogP contribution in [0.15, 0.2) is 0 Å². The van der Waals surface area contributed by atoms with E-state index in [9.17, 15) is 4.79 Å². The minimum Gasteiger partial charge on any atom is -0.459 e. The van der Waals surface area contributed by atoms with Gasteiger partial charge in [0.05, 0.1) is 5.41 Å². The number of ether oxygens (including phenoxy) is 1. The van der Waals surface area contributed by atoms with Crippen LogP contribution in [0.2, 0.25) is 0 Å². The lowest BCUT2D eigenvalue weighted by atomic mass is 9.63. The summed E-state index contributed by atoms with van der Waals surface area (Å²) in [5.74, 6) is -0.0899. The highest BCUT2D eigenvalue weighted by Gasteiger charge is 2.50. The lowest BCUT2D eigenvalue weighted by molar-refractivity contribution is -0.178. The smallest absolute Gasteiger partial charge is 0.312 e. The molecule has 0 heterocycles. The van der Waals surface area contributed by atoms with E-state index in [-0.39, 0.29) is 17.0 Å². The molecule has 0 aromatic heterocycles. The van der Waals surface area contributed by atoms with E-state index in [2.05, 4.69) is 27.7 Å². The minimum atomic E-state index is -0.573. The van der Waals surface area contributed by atoms with Gasteiger partial charge in [0.1, 0.15) is 5.60 Å². The van der Waals surface area contributed by atoms with E-state index in [0.29, 0.717) is 6.42 Å². The predicted molar refractivity (Wildman–Crippen MR) is 83.4 cm³/mol. The van der Waals surface area contributed by atoms with Crippen LogP contribution >= 0.6 is 0 Å². The van der Waals surface area contributed by atoms with Crippen molar-refractivity contribution in [2.75, 3.05) is 0 Å². The van der Waals surface area contributed by atoms with Crippen molar-refractivity contribution < 1.29 is 9.53 Å². The third-order valence-corrected chi connectivity index (χ3v) is 4.92. The Morgan fingerprint density at radius 1 is 1.10 bits per heavy atom. The maximum absolute atomic E-state index is 12.9. The Morgan fingerprint density at radius 3 is 1.90 bits per heavy atom. The molecular weight excluding hydrogens is 250 g/mol. The standard InChI is InChI=1S/C17H33NO2/c1-14(2,3)17(7,12-15(4,5)18)13(19)20-16(6)10-8-9-11-16/h8-12,18H2,1-7H3. The van der Waals surface area contributed by atoms with Gasteiger partial charge in [-0.2, -0.15) is 0 Å². The molecule has 1 fully saturated rings. The highest BCUT2D eigenvalue weighted by atomic mass is 16.6. The van der Waals surface area contributed by atoms with Gasteiger partial charge in [-0.15, -0.1) is 0 Å². The Bertz CT molecular complexity index is 356. The lowest BCUT2D eigenvalue weighted by Gasteiger charge is -2.44. The molecule has 1 aliphatic carbocycles. The van der Waals surface area contributed by atoms with Crippen molar-refractivity contribution in [2.24, 2.45) is 16.6 Å². The Kier molecular flexibility index (Phi) is 4.65. The number of rotatable bonds is 4. The molecular formula is C17H33NO2. The van der Waals surface area contributed by atoms with Gasteiger partial charge in [-0.1, -0.05) is 20.8 Å². The quantitative estimate of drug-likeness (QED) is 0.792. The second-order valence-electron chi connectivity index (χ2n) is 8.79. The van der Waals surface area contributed by atoms with E-state index in [1.807, 2.05) is 20.8 Å². The maximum Gasteiger partial charge on any atom is 0.312 e. The van der Waals surface area contributed by atoms with E-state index < -0.39 is 11.0 Å². The zero-order chi connectivity index (χ0) is 15.8. The molecule has 3 nitrogen and oxygen atoms in total. The summed E-state index contributed by atoms with van der Waals surface area (Å²) in [5, 5.41) is 0. The van der Waals surface area contributed by atoms with Gasteiger partial charge in [-0.25, -0.2) is 0 Å². The van der Waals surface area contributed by atoms with Crippen molar-refractivity contribution in [2.45, 2.75) is 91.7 Å². The molecule has 1 unspecified atom stereocenters. The van der Waals surface area contributed by atoms with Crippen molar-refractivity contribution in [3.05, 3.63) is 0 Å². The van der Waals surface area contributed by atoms with Crippen LogP contribution in [0, 0.1) is 10.8 Å². The first-order valence-corrected chi connectivity index (χ1v) is 7.82. The highest BCUT2D eigenvalue weighted by Crippen LogP contribution is 2.46. The van der Waals surface area contributed by atoms with Gasteiger partial charge in [0.15, 0.2) is 0 Å². The van der Waals surface area contributed by atoms with E-state index >= 15 is 0 Å². The van der Waals surface area contributed by atoms with Crippen molar-refractivity contribution in [1.29, 1.82) is 0 Å². The number of hydrogen-bond donors (Lipinski definition) is 1. The van der Waals surface area contributed by atoms with Crippen molar-refractivity contribution >= 4 is 5.97 Å². The maximum atomic E-state index is 12.9. The third-order valence-electron chi connectivity index (χ3n) is 4.92. The molecule has 0 aliphatic heterocycles. The summed E-state index contributed by atoms with van der Waals surface area (Å²) in [6, 6.07) is 0. The topological polar surface area (TPSA) is 52.3 Å². The monoisotopic (exact) mass is 283 g/mol. The molecule has 0 aromatic carbocycles. The Hall–Kier alpha value is -0.570. The molecule has 0 radical (unpaired) electrons. The summed E-state index contributed by atoms with van der Waals surface area (Å²) in [6.45, 7) is 14.3. The first-order valence-electron chi connectivity index (χ1n) is 7.82. The Labute approximate surface area is 124 Å². The fourth-order valence-corrected chi connectivity index (χ4v) is 3.12. The molecule has 1 atom stereocenters. The van der Waals surface area contributed by atoms with Crippen molar-refractivity contribution in [1.82, 2.24) is 0 Å². The number of hydrogen-bond acceptors (Lipinski definition) is 3. The first-order chi connectivity index (χ1) is 8.79. The second kappa shape index (κ2) is 5.32. The number of esters is 1. The zero-order valence-electron chi connectivity index (χ0n) is 14.4. The summed E-state index contributed by atoms with van der Waals surface area (Å²) in [4.78, 5) is 12.9. The molecule has 2 N–H and O–H groups in total. The zero-order valence-corrected chi connectivity index (χ0v) is 14.4. The average molecular weight is 283 g/mol. The Balaban J connectivity index is 2.96. The predicted octanol–water partition coefficient (Wildman–Crippen LogP) is 4.04. The number of nitrogens with two attached hydrogens (primary N) is 1. The van der Waals surface area contributed by atoms with Crippen LogP contribution in [0.25, 0.3) is 0 Å². The molecule has 1 aliphatic rings. The molecule has 118 valence electrons. The van der Waals surface area contributed by atoms with Gasteiger partial charge < -0.3 is 10.5 Å². The van der Waals surface area contributed by atoms with Crippen LogP contribution in [0.1, 0.15) is 80.6 Å². The van der Waals surface area contributed by atoms with E-state index in [1.54, 1.807) is 0 Å². The third kappa shape index (κ3) is 3.97. The lowest BCUT2D eigenvalue weighted by Crippen LogP contribution is -2.50. The highest BCUT2D eigenvalue weighted by molar-refractivity contribution is 5.78. The van der Waals surface area contributed by atoms with Crippen LogP contribution < -0.4 is 5.73 Å². The van der Waals surface area contributed by atoms with E-state index in [0.717, 1.165) is 25.7 Å². The Morgan fingerprint density at radius 2 is 1.55 bits per heavy atom. The minimum absolute atomic E-state index is 0.0899. The van der Waals surface area contributed by atoms with Gasteiger partial charge in [-0.3, -0.25) is 4.79 Å². The van der Waals surface area contributed by atoms with Crippen molar-refractivity contribution in [3.63, 3.8) is 0 Å². The van der Waals surface area contributed by atoms with E-state index in [4.69, 9.17) is 10.5 Å². The molecule has 1 saturated carbocycles. The summed E-state index contributed by atoms with van der Waals surface area (Å²) in [6.07, 6.45) is 4.88. The fourth-order valence-electron chi connectivity index (χ4n) is 3.12. The molecule has 0 aromatic rings. The van der Waals surface area contributed by atoms with Crippen LogP contribution in [-0.2, 0) is 9.53 Å². The summed E-state index contributed by atoms with van der Waals surface area (Å²) >= 11 is 0. The van der Waals surface area contributed by atoms with E-state index in [1.165, 1.54) is 0 Å². The van der Waals surface area contributed by atoms with Crippen LogP contribution in [0.4, 0.5) is 0 Å². The molecule has 20 heavy (non-hydrogen) atoms.